The Morgan fingerprint density at radius 3 is 2.87 bits per heavy atom. The summed E-state index contributed by atoms with van der Waals surface area (Å²) in [4.78, 5) is 6.66. The average molecular weight is 445 g/mol. The Labute approximate surface area is 181 Å². The van der Waals surface area contributed by atoms with E-state index < -0.39 is 10.0 Å². The minimum absolute atomic E-state index is 0.294. The molecule has 9 heteroatoms. The summed E-state index contributed by atoms with van der Waals surface area (Å²) in [6.07, 6.45) is 4.36. The predicted octanol–water partition coefficient (Wildman–Crippen LogP) is 3.94. The second-order valence-electron chi connectivity index (χ2n) is 7.85. The Morgan fingerprint density at radius 1 is 1.26 bits per heavy atom. The minimum Gasteiger partial charge on any atom is -0.371 e. The molecule has 4 rings (SSSR count). The zero-order chi connectivity index (χ0) is 22.0. The lowest BCUT2D eigenvalue weighted by molar-refractivity contribution is 0.376. The first-order valence-electron chi connectivity index (χ1n) is 10.2. The van der Waals surface area contributed by atoms with Crippen LogP contribution in [0.1, 0.15) is 29.9 Å². The fourth-order valence-electron chi connectivity index (χ4n) is 3.86. The number of nitrogens with one attached hydrogen (secondary N) is 1. The van der Waals surface area contributed by atoms with Crippen molar-refractivity contribution in [1.82, 2.24) is 10.1 Å². The molecule has 0 saturated carbocycles. The number of benzene rings is 2. The van der Waals surface area contributed by atoms with E-state index in [9.17, 15) is 12.8 Å². The molecule has 0 amide bonds. The molecule has 0 atom stereocenters. The van der Waals surface area contributed by atoms with E-state index >= 15 is 0 Å². The number of rotatable bonds is 7. The zero-order valence-electron chi connectivity index (χ0n) is 17.6. The van der Waals surface area contributed by atoms with E-state index in [1.54, 1.807) is 25.1 Å². The van der Waals surface area contributed by atoms with Crippen LogP contribution in [0.2, 0.25) is 0 Å². The molecule has 1 aliphatic rings. The smallest absolute Gasteiger partial charge is 0.229 e. The van der Waals surface area contributed by atoms with Crippen LogP contribution < -0.4 is 9.62 Å². The fourth-order valence-corrected chi connectivity index (χ4v) is 4.45. The van der Waals surface area contributed by atoms with Crippen LogP contribution in [0.4, 0.5) is 15.8 Å². The number of fused-ring (bicyclic) bond motifs is 1. The van der Waals surface area contributed by atoms with Gasteiger partial charge in [0.1, 0.15) is 5.82 Å². The lowest BCUT2D eigenvalue weighted by Crippen LogP contribution is -2.31. The highest BCUT2D eigenvalue weighted by molar-refractivity contribution is 7.92. The Bertz CT molecular complexity index is 1190. The number of halogens is 1. The molecule has 0 radical (unpaired) electrons. The van der Waals surface area contributed by atoms with Gasteiger partial charge in [0.25, 0.3) is 0 Å². The Morgan fingerprint density at radius 2 is 2.10 bits per heavy atom. The van der Waals surface area contributed by atoms with Crippen LogP contribution >= 0.6 is 0 Å². The fraction of sp³-hybridized carbons (Fsp3) is 0.364. The number of hydrogen-bond acceptors (Lipinski definition) is 6. The van der Waals surface area contributed by atoms with E-state index in [0.717, 1.165) is 49.9 Å². The molecule has 1 N–H and O–H groups in total. The summed E-state index contributed by atoms with van der Waals surface area (Å²) < 4.78 is 45.1. The van der Waals surface area contributed by atoms with Crippen molar-refractivity contribution in [1.29, 1.82) is 0 Å². The van der Waals surface area contributed by atoms with Gasteiger partial charge in [-0.25, -0.2) is 12.8 Å². The molecule has 7 nitrogen and oxygen atoms in total. The average Bonchev–Trinajstić information content (AvgIpc) is 3.18. The number of anilines is 2. The topological polar surface area (TPSA) is 88.3 Å². The van der Waals surface area contributed by atoms with Crippen molar-refractivity contribution >= 4 is 21.4 Å². The van der Waals surface area contributed by atoms with Gasteiger partial charge in [-0.1, -0.05) is 23.4 Å². The third-order valence-corrected chi connectivity index (χ3v) is 5.95. The van der Waals surface area contributed by atoms with Gasteiger partial charge in [0.15, 0.2) is 0 Å². The van der Waals surface area contributed by atoms with Crippen LogP contribution in [0.15, 0.2) is 40.9 Å². The number of aromatic nitrogens is 2. The van der Waals surface area contributed by atoms with Crippen LogP contribution in [0, 0.1) is 12.7 Å². The van der Waals surface area contributed by atoms with Crippen molar-refractivity contribution in [3.05, 3.63) is 59.2 Å². The molecule has 0 fully saturated rings. The van der Waals surface area contributed by atoms with Gasteiger partial charge in [-0.15, -0.1) is 0 Å². The molecule has 0 aliphatic carbocycles. The summed E-state index contributed by atoms with van der Waals surface area (Å²) in [6, 6.07) is 10.6. The summed E-state index contributed by atoms with van der Waals surface area (Å²) in [5, 5.41) is 3.97. The Kier molecular flexibility index (Phi) is 5.95. The maximum Gasteiger partial charge on any atom is 0.229 e. The Balaban J connectivity index is 1.41. The molecule has 0 spiro atoms. The lowest BCUT2D eigenvalue weighted by Gasteiger charge is -2.32. The van der Waals surface area contributed by atoms with Gasteiger partial charge in [0.05, 0.1) is 11.9 Å². The molecule has 0 saturated heterocycles. The number of sulfonamides is 1. The van der Waals surface area contributed by atoms with Gasteiger partial charge in [0.2, 0.25) is 21.7 Å². The SMILES string of the molecule is Cc1ccc(-c2noc(CCCN3CCCc4c(NS(C)(=O)=O)cccc43)n2)cc1F. The predicted molar refractivity (Wildman–Crippen MR) is 118 cm³/mol. The van der Waals surface area contributed by atoms with Crippen molar-refractivity contribution in [2.45, 2.75) is 32.6 Å². The van der Waals surface area contributed by atoms with Crippen molar-refractivity contribution in [2.75, 3.05) is 29.0 Å². The van der Waals surface area contributed by atoms with Crippen LogP contribution in [0.5, 0.6) is 0 Å². The van der Waals surface area contributed by atoms with Crippen molar-refractivity contribution < 1.29 is 17.3 Å². The van der Waals surface area contributed by atoms with Crippen molar-refractivity contribution in [3.8, 4) is 11.4 Å². The van der Waals surface area contributed by atoms with E-state index in [2.05, 4.69) is 19.8 Å². The van der Waals surface area contributed by atoms with Crippen LogP contribution in [-0.2, 0) is 22.9 Å². The Hall–Kier alpha value is -2.94. The largest absolute Gasteiger partial charge is 0.371 e. The molecule has 1 aromatic heterocycles. The summed E-state index contributed by atoms with van der Waals surface area (Å²) >= 11 is 0. The van der Waals surface area contributed by atoms with E-state index in [4.69, 9.17) is 4.52 Å². The number of aryl methyl sites for hydroxylation is 2. The quantitative estimate of drug-likeness (QED) is 0.594. The molecule has 31 heavy (non-hydrogen) atoms. The summed E-state index contributed by atoms with van der Waals surface area (Å²) in [7, 11) is -3.33. The van der Waals surface area contributed by atoms with Gasteiger partial charge in [-0.05, 0) is 55.5 Å². The number of hydrogen-bond donors (Lipinski definition) is 1. The maximum absolute atomic E-state index is 13.8. The van der Waals surface area contributed by atoms with Gasteiger partial charge >= 0.3 is 0 Å². The first-order chi connectivity index (χ1) is 14.8. The molecule has 2 aromatic carbocycles. The molecule has 2 heterocycles. The standard InChI is InChI=1S/C22H25FN4O3S/c1-15-10-11-16(14-18(15)23)22-24-21(30-25-22)9-5-13-27-12-4-6-17-19(26-31(2,28)29)7-3-8-20(17)27/h3,7-8,10-11,14,26H,4-6,9,12-13H2,1-2H3. The van der Waals surface area contributed by atoms with Gasteiger partial charge in [0, 0.05) is 30.8 Å². The third-order valence-electron chi connectivity index (χ3n) is 5.36. The van der Waals surface area contributed by atoms with Crippen LogP contribution in [-0.4, -0.2) is 37.9 Å². The monoisotopic (exact) mass is 444 g/mol. The molecule has 164 valence electrons. The van der Waals surface area contributed by atoms with Gasteiger partial charge in [-0.2, -0.15) is 4.98 Å². The van der Waals surface area contributed by atoms with Crippen molar-refractivity contribution in [3.63, 3.8) is 0 Å². The molecular weight excluding hydrogens is 419 g/mol. The van der Waals surface area contributed by atoms with Crippen molar-refractivity contribution in [2.24, 2.45) is 0 Å². The van der Waals surface area contributed by atoms with E-state index in [-0.39, 0.29) is 5.82 Å². The van der Waals surface area contributed by atoms with E-state index in [0.29, 0.717) is 35.0 Å². The molecule has 1 aliphatic heterocycles. The molecule has 0 bridgehead atoms. The maximum atomic E-state index is 13.8. The van der Waals surface area contributed by atoms with Crippen LogP contribution in [0.25, 0.3) is 11.4 Å². The first kappa shape index (κ1) is 21.3. The first-order valence-corrected chi connectivity index (χ1v) is 12.1. The lowest BCUT2D eigenvalue weighted by atomic mass is 9.99. The number of nitrogens with zero attached hydrogens (tertiary/aromatic N) is 3. The zero-order valence-corrected chi connectivity index (χ0v) is 18.4. The highest BCUT2D eigenvalue weighted by Crippen LogP contribution is 2.33. The molecule has 3 aromatic rings. The molecular formula is C22H25FN4O3S. The second-order valence-corrected chi connectivity index (χ2v) is 9.60. The second kappa shape index (κ2) is 8.66. The third kappa shape index (κ3) is 5.04. The molecule has 0 unspecified atom stereocenters. The van der Waals surface area contributed by atoms with Crippen LogP contribution in [0.3, 0.4) is 0 Å². The summed E-state index contributed by atoms with van der Waals surface area (Å²) in [5.74, 6) is 0.603. The van der Waals surface area contributed by atoms with Gasteiger partial charge in [-0.3, -0.25) is 4.72 Å². The summed E-state index contributed by atoms with van der Waals surface area (Å²) in [5.41, 5.74) is 3.90. The summed E-state index contributed by atoms with van der Waals surface area (Å²) in [6.45, 7) is 3.40. The van der Waals surface area contributed by atoms with E-state index in [1.165, 1.54) is 6.07 Å². The minimum atomic E-state index is -3.33. The highest BCUT2D eigenvalue weighted by atomic mass is 32.2. The normalized spacial score (nSPS) is 13.8. The van der Waals surface area contributed by atoms with Gasteiger partial charge < -0.3 is 9.42 Å². The highest BCUT2D eigenvalue weighted by Gasteiger charge is 2.20. The van der Waals surface area contributed by atoms with E-state index in [1.807, 2.05) is 12.1 Å².